The molecular weight excluding hydrogens is 477 g/mol. The van der Waals surface area contributed by atoms with Gasteiger partial charge in [-0.1, -0.05) is 26.7 Å². The molecule has 0 aromatic carbocycles. The normalized spacial score (nSPS) is 26.7. The van der Waals surface area contributed by atoms with Gasteiger partial charge in [-0.25, -0.2) is 0 Å². The lowest BCUT2D eigenvalue weighted by Gasteiger charge is -2.42. The monoisotopic (exact) mass is 519 g/mol. The van der Waals surface area contributed by atoms with Gasteiger partial charge < -0.3 is 15.1 Å². The second-order valence-corrected chi connectivity index (χ2v) is 9.35. The Morgan fingerprint density at radius 2 is 1.83 bits per heavy atom. The molecule has 0 aromatic heterocycles. The smallest absolute Gasteiger partial charge is 0.225 e. The number of aliphatic imine (C=N–C) groups is 1. The van der Waals surface area contributed by atoms with Crippen molar-refractivity contribution in [1.29, 1.82) is 0 Å². The zero-order valence-electron chi connectivity index (χ0n) is 18.8. The molecule has 0 spiro atoms. The van der Waals surface area contributed by atoms with Gasteiger partial charge in [-0.3, -0.25) is 14.7 Å². The van der Waals surface area contributed by atoms with Crippen molar-refractivity contribution in [3.05, 3.63) is 0 Å². The molecule has 1 atom stereocenters. The van der Waals surface area contributed by atoms with Crippen LogP contribution in [0.2, 0.25) is 0 Å². The molecule has 2 aliphatic heterocycles. The summed E-state index contributed by atoms with van der Waals surface area (Å²) in [6, 6.07) is 0. The van der Waals surface area contributed by atoms with Gasteiger partial charge in [0.25, 0.3) is 0 Å². The molecule has 0 aromatic rings. The highest BCUT2D eigenvalue weighted by molar-refractivity contribution is 14.0. The van der Waals surface area contributed by atoms with Gasteiger partial charge in [-0.05, 0) is 37.5 Å². The van der Waals surface area contributed by atoms with Gasteiger partial charge in [0, 0.05) is 65.3 Å². The molecule has 1 N–H and O–H groups in total. The number of piperidine rings is 1. The third-order valence-corrected chi connectivity index (χ3v) is 7.00. The van der Waals surface area contributed by atoms with Gasteiger partial charge in [0.05, 0.1) is 0 Å². The molecule has 1 saturated carbocycles. The van der Waals surface area contributed by atoms with Crippen LogP contribution in [0.1, 0.15) is 58.8 Å². The van der Waals surface area contributed by atoms with E-state index in [0.29, 0.717) is 17.2 Å². The first-order valence-corrected chi connectivity index (χ1v) is 11.5. The van der Waals surface area contributed by atoms with E-state index in [1.807, 2.05) is 7.05 Å². The molecule has 2 saturated heterocycles. The largest absolute Gasteiger partial charge is 0.355 e. The maximum Gasteiger partial charge on any atom is 0.225 e. The Morgan fingerprint density at radius 1 is 1.10 bits per heavy atom. The fourth-order valence-electron chi connectivity index (χ4n) is 5.07. The molecule has 1 aliphatic carbocycles. The molecule has 3 fully saturated rings. The first kappa shape index (κ1) is 24.7. The van der Waals surface area contributed by atoms with Crippen molar-refractivity contribution in [3.63, 3.8) is 0 Å². The summed E-state index contributed by atoms with van der Waals surface area (Å²) in [6.45, 7) is 12.7. The summed E-state index contributed by atoms with van der Waals surface area (Å²) >= 11 is 0. The van der Waals surface area contributed by atoms with Crippen molar-refractivity contribution in [3.8, 4) is 0 Å². The number of hydrogen-bond acceptors (Lipinski definition) is 3. The number of halogens is 1. The van der Waals surface area contributed by atoms with E-state index in [2.05, 4.69) is 38.9 Å². The van der Waals surface area contributed by atoms with Crippen LogP contribution in [0.3, 0.4) is 0 Å². The summed E-state index contributed by atoms with van der Waals surface area (Å²) in [6.07, 6.45) is 8.59. The van der Waals surface area contributed by atoms with Gasteiger partial charge in [0.1, 0.15) is 0 Å². The van der Waals surface area contributed by atoms with Crippen LogP contribution < -0.4 is 5.32 Å². The number of guanidine groups is 1. The lowest BCUT2D eigenvalue weighted by Crippen LogP contribution is -2.53. The van der Waals surface area contributed by atoms with Crippen molar-refractivity contribution in [2.45, 2.75) is 58.8 Å². The number of likely N-dealkylation sites (tertiary alicyclic amines) is 1. The molecule has 168 valence electrons. The highest BCUT2D eigenvalue weighted by atomic mass is 127. The Morgan fingerprint density at radius 3 is 2.41 bits per heavy atom. The first-order valence-electron chi connectivity index (χ1n) is 11.5. The quantitative estimate of drug-likeness (QED) is 0.333. The molecule has 1 amide bonds. The lowest BCUT2D eigenvalue weighted by atomic mass is 9.78. The fraction of sp³-hybridized carbons (Fsp3) is 0.909. The highest BCUT2D eigenvalue weighted by Crippen LogP contribution is 2.34. The van der Waals surface area contributed by atoms with Crippen molar-refractivity contribution < 1.29 is 4.79 Å². The van der Waals surface area contributed by atoms with Gasteiger partial charge in [-0.15, -0.1) is 24.0 Å². The minimum absolute atomic E-state index is 0. The summed E-state index contributed by atoms with van der Waals surface area (Å²) in [5.74, 6) is 1.80. The summed E-state index contributed by atoms with van der Waals surface area (Å²) in [5, 5.41) is 3.59. The predicted octanol–water partition coefficient (Wildman–Crippen LogP) is 3.03. The van der Waals surface area contributed by atoms with Gasteiger partial charge in [-0.2, -0.15) is 0 Å². The maximum absolute atomic E-state index is 12.4. The van der Waals surface area contributed by atoms with E-state index >= 15 is 0 Å². The van der Waals surface area contributed by atoms with E-state index in [9.17, 15) is 4.79 Å². The van der Waals surface area contributed by atoms with E-state index < -0.39 is 0 Å². The molecule has 0 bridgehead atoms. The molecule has 7 heteroatoms. The second-order valence-electron chi connectivity index (χ2n) is 9.35. The number of amides is 1. The van der Waals surface area contributed by atoms with Crippen LogP contribution in [0, 0.1) is 11.3 Å². The summed E-state index contributed by atoms with van der Waals surface area (Å²) in [5.41, 5.74) is 0.425. The number of carbonyl (C=O) groups is 1. The number of nitrogens with zero attached hydrogens (tertiary/aromatic N) is 4. The van der Waals surface area contributed by atoms with Crippen molar-refractivity contribution in [1.82, 2.24) is 20.0 Å². The second kappa shape index (κ2) is 11.7. The first-order chi connectivity index (χ1) is 13.5. The Balaban J connectivity index is 0.00000300. The van der Waals surface area contributed by atoms with Crippen LogP contribution >= 0.6 is 24.0 Å². The SMILES string of the molecule is CCCC1(C)CCCN(C(=NC)NCCN2CCN(C(=O)C3CCC3)CC2)C1.I. The van der Waals surface area contributed by atoms with Crippen LogP contribution in [0.5, 0.6) is 0 Å². The van der Waals surface area contributed by atoms with Crippen LogP contribution in [0.4, 0.5) is 0 Å². The average Bonchev–Trinajstić information content (AvgIpc) is 2.64. The van der Waals surface area contributed by atoms with E-state index in [4.69, 9.17) is 0 Å². The Hall–Kier alpha value is -0.570. The number of rotatable bonds is 6. The summed E-state index contributed by atoms with van der Waals surface area (Å²) in [7, 11) is 1.90. The molecule has 2 heterocycles. The number of hydrogen-bond donors (Lipinski definition) is 1. The van der Waals surface area contributed by atoms with Crippen LogP contribution in [-0.2, 0) is 4.79 Å². The third-order valence-electron chi connectivity index (χ3n) is 7.00. The van der Waals surface area contributed by atoms with Crippen LogP contribution in [-0.4, -0.2) is 86.0 Å². The standard InChI is InChI=1S/C22H41N5O.HI/c1-4-9-22(2)10-6-12-27(18-22)21(23-3)24-11-13-25-14-16-26(17-15-25)20(28)19-7-5-8-19;/h19H,4-18H2,1-3H3,(H,23,24);1H. The number of carbonyl (C=O) groups excluding carboxylic acids is 1. The zero-order valence-corrected chi connectivity index (χ0v) is 21.1. The van der Waals surface area contributed by atoms with E-state index in [0.717, 1.165) is 71.2 Å². The van der Waals surface area contributed by atoms with Crippen LogP contribution in [0.25, 0.3) is 0 Å². The number of piperazine rings is 1. The van der Waals surface area contributed by atoms with Crippen molar-refractivity contribution in [2.75, 3.05) is 59.4 Å². The lowest BCUT2D eigenvalue weighted by molar-refractivity contribution is -0.139. The van der Waals surface area contributed by atoms with Crippen LogP contribution in [0.15, 0.2) is 4.99 Å². The van der Waals surface area contributed by atoms with E-state index in [-0.39, 0.29) is 24.0 Å². The predicted molar refractivity (Wildman–Crippen MR) is 131 cm³/mol. The minimum atomic E-state index is 0. The number of nitrogens with one attached hydrogen (secondary N) is 1. The summed E-state index contributed by atoms with van der Waals surface area (Å²) < 4.78 is 0. The molecule has 3 rings (SSSR count). The molecular formula is C22H42IN5O. The molecule has 29 heavy (non-hydrogen) atoms. The third kappa shape index (κ3) is 6.71. The molecule has 3 aliphatic rings. The fourth-order valence-corrected chi connectivity index (χ4v) is 5.07. The highest BCUT2D eigenvalue weighted by Gasteiger charge is 2.32. The van der Waals surface area contributed by atoms with Gasteiger partial charge >= 0.3 is 0 Å². The van der Waals surface area contributed by atoms with Gasteiger partial charge in [0.2, 0.25) is 5.91 Å². The topological polar surface area (TPSA) is 51.2 Å². The minimum Gasteiger partial charge on any atom is -0.355 e. The Bertz CT molecular complexity index is 541. The Kier molecular flexibility index (Phi) is 9.98. The van der Waals surface area contributed by atoms with Crippen molar-refractivity contribution in [2.24, 2.45) is 16.3 Å². The van der Waals surface area contributed by atoms with E-state index in [1.165, 1.54) is 32.1 Å². The van der Waals surface area contributed by atoms with Gasteiger partial charge in [0.15, 0.2) is 5.96 Å². The molecule has 0 radical (unpaired) electrons. The van der Waals surface area contributed by atoms with Crippen molar-refractivity contribution >= 4 is 35.8 Å². The average molecular weight is 520 g/mol. The summed E-state index contributed by atoms with van der Waals surface area (Å²) in [4.78, 5) is 23.9. The van der Waals surface area contributed by atoms with E-state index in [1.54, 1.807) is 0 Å². The Labute approximate surface area is 194 Å². The molecule has 6 nitrogen and oxygen atoms in total. The maximum atomic E-state index is 12.4. The zero-order chi connectivity index (χ0) is 20.0. The molecule has 1 unspecified atom stereocenters.